The first-order chi connectivity index (χ1) is 12.7. The number of fused-ring (bicyclic) bond motifs is 3. The third-order valence-corrected chi connectivity index (χ3v) is 5.70. The van der Waals surface area contributed by atoms with E-state index in [1.165, 1.54) is 11.1 Å². The number of carbonyl (C=O) groups is 1. The predicted octanol–water partition coefficient (Wildman–Crippen LogP) is 4.39. The van der Waals surface area contributed by atoms with Crippen LogP contribution in [-0.2, 0) is 0 Å². The molecule has 4 nitrogen and oxygen atoms in total. The zero-order valence-electron chi connectivity index (χ0n) is 15.4. The summed E-state index contributed by atoms with van der Waals surface area (Å²) in [6.07, 6.45) is 9.39. The van der Waals surface area contributed by atoms with Gasteiger partial charge in [-0.1, -0.05) is 18.2 Å². The molecule has 4 rings (SSSR count). The van der Waals surface area contributed by atoms with Gasteiger partial charge in [-0.05, 0) is 61.6 Å². The number of hydrogen-bond donors (Lipinski definition) is 1. The van der Waals surface area contributed by atoms with Gasteiger partial charge in [-0.3, -0.25) is 9.78 Å². The minimum atomic E-state index is 0.116. The molecular formula is C22H25N3O. The highest BCUT2D eigenvalue weighted by molar-refractivity contribution is 5.95. The monoisotopic (exact) mass is 347 g/mol. The molecule has 2 aromatic rings. The molecule has 1 aliphatic carbocycles. The molecule has 0 saturated carbocycles. The van der Waals surface area contributed by atoms with Gasteiger partial charge >= 0.3 is 0 Å². The number of nitrogens with zero attached hydrogens (tertiary/aromatic N) is 2. The molecule has 26 heavy (non-hydrogen) atoms. The van der Waals surface area contributed by atoms with Crippen LogP contribution in [0.4, 0.5) is 5.69 Å². The van der Waals surface area contributed by atoms with Crippen molar-refractivity contribution < 1.29 is 4.79 Å². The Balaban J connectivity index is 1.70. The van der Waals surface area contributed by atoms with E-state index in [4.69, 9.17) is 0 Å². The zero-order valence-corrected chi connectivity index (χ0v) is 15.4. The number of benzene rings is 1. The summed E-state index contributed by atoms with van der Waals surface area (Å²) in [5.41, 5.74) is 4.37. The lowest BCUT2D eigenvalue weighted by molar-refractivity contribution is 0.0773. The van der Waals surface area contributed by atoms with Crippen LogP contribution in [0.25, 0.3) is 0 Å². The second kappa shape index (κ2) is 6.94. The average molecular weight is 347 g/mol. The number of rotatable bonds is 4. The van der Waals surface area contributed by atoms with E-state index in [1.807, 2.05) is 43.3 Å². The van der Waals surface area contributed by atoms with Crippen LogP contribution in [0.1, 0.15) is 53.7 Å². The fourth-order valence-electron chi connectivity index (χ4n) is 4.31. The van der Waals surface area contributed by atoms with Crippen LogP contribution < -0.4 is 5.32 Å². The molecule has 3 atom stereocenters. The van der Waals surface area contributed by atoms with E-state index < -0.39 is 0 Å². The third-order valence-electron chi connectivity index (χ3n) is 5.70. The average Bonchev–Trinajstić information content (AvgIpc) is 3.18. The second-order valence-electron chi connectivity index (χ2n) is 7.04. The van der Waals surface area contributed by atoms with E-state index in [2.05, 4.69) is 40.7 Å². The van der Waals surface area contributed by atoms with Crippen LogP contribution in [0.15, 0.2) is 54.9 Å². The summed E-state index contributed by atoms with van der Waals surface area (Å²) < 4.78 is 0. The van der Waals surface area contributed by atoms with E-state index in [1.54, 1.807) is 0 Å². The van der Waals surface area contributed by atoms with Crippen molar-refractivity contribution in [1.29, 1.82) is 0 Å². The maximum absolute atomic E-state index is 12.7. The molecule has 1 aliphatic heterocycles. The Morgan fingerprint density at radius 1 is 1.27 bits per heavy atom. The zero-order chi connectivity index (χ0) is 18.1. The first kappa shape index (κ1) is 16.8. The van der Waals surface area contributed by atoms with Crippen LogP contribution in [-0.4, -0.2) is 28.9 Å². The number of aromatic nitrogens is 1. The van der Waals surface area contributed by atoms with Crippen molar-refractivity contribution >= 4 is 11.6 Å². The van der Waals surface area contributed by atoms with Gasteiger partial charge in [0.15, 0.2) is 0 Å². The van der Waals surface area contributed by atoms with Gasteiger partial charge in [0.05, 0.1) is 6.04 Å². The molecule has 1 amide bonds. The number of hydrogen-bond acceptors (Lipinski definition) is 3. The summed E-state index contributed by atoms with van der Waals surface area (Å²) in [5.74, 6) is 0.928. The summed E-state index contributed by atoms with van der Waals surface area (Å²) in [7, 11) is 0. The quantitative estimate of drug-likeness (QED) is 0.834. The SMILES string of the molecule is CCN(CC)C(=O)c1ccc2c(c1)C1C=CCC1C(c1cccnc1)N2. The predicted molar refractivity (Wildman–Crippen MR) is 104 cm³/mol. The normalized spacial score (nSPS) is 23.1. The maximum Gasteiger partial charge on any atom is 0.253 e. The molecule has 0 radical (unpaired) electrons. The molecule has 2 aliphatic rings. The smallest absolute Gasteiger partial charge is 0.253 e. The number of allylic oxidation sites excluding steroid dienone is 2. The van der Waals surface area contributed by atoms with Crippen molar-refractivity contribution in [3.05, 3.63) is 71.6 Å². The van der Waals surface area contributed by atoms with Crippen LogP contribution in [0, 0.1) is 5.92 Å². The number of amides is 1. The molecule has 1 aromatic heterocycles. The van der Waals surface area contributed by atoms with Gasteiger partial charge in [-0.25, -0.2) is 0 Å². The Kier molecular flexibility index (Phi) is 4.49. The van der Waals surface area contributed by atoms with Crippen molar-refractivity contribution in [2.45, 2.75) is 32.2 Å². The third kappa shape index (κ3) is 2.79. The summed E-state index contributed by atoms with van der Waals surface area (Å²) in [6.45, 7) is 5.52. The highest BCUT2D eigenvalue weighted by Gasteiger charge is 2.38. The van der Waals surface area contributed by atoms with Crippen molar-refractivity contribution in [3.63, 3.8) is 0 Å². The molecule has 0 bridgehead atoms. The van der Waals surface area contributed by atoms with Gasteiger partial charge in [0.2, 0.25) is 0 Å². The summed E-state index contributed by atoms with van der Waals surface area (Å²) >= 11 is 0. The van der Waals surface area contributed by atoms with Crippen molar-refractivity contribution in [1.82, 2.24) is 9.88 Å². The van der Waals surface area contributed by atoms with E-state index in [-0.39, 0.29) is 11.9 Å². The number of nitrogens with one attached hydrogen (secondary N) is 1. The topological polar surface area (TPSA) is 45.2 Å². The Bertz CT molecular complexity index is 827. The Morgan fingerprint density at radius 2 is 2.12 bits per heavy atom. The molecular weight excluding hydrogens is 322 g/mol. The second-order valence-corrected chi connectivity index (χ2v) is 7.04. The lowest BCUT2D eigenvalue weighted by Crippen LogP contribution is -2.32. The van der Waals surface area contributed by atoms with E-state index in [0.29, 0.717) is 11.8 Å². The van der Waals surface area contributed by atoms with Gasteiger partial charge < -0.3 is 10.2 Å². The molecule has 0 fully saturated rings. The molecule has 1 aromatic carbocycles. The van der Waals surface area contributed by atoms with Crippen LogP contribution in [0.3, 0.4) is 0 Å². The van der Waals surface area contributed by atoms with Crippen molar-refractivity contribution in [2.75, 3.05) is 18.4 Å². The molecule has 2 heterocycles. The molecule has 0 saturated heterocycles. The largest absolute Gasteiger partial charge is 0.378 e. The van der Waals surface area contributed by atoms with Crippen LogP contribution in [0.5, 0.6) is 0 Å². The van der Waals surface area contributed by atoms with E-state index in [9.17, 15) is 4.79 Å². The highest BCUT2D eigenvalue weighted by atomic mass is 16.2. The Hall–Kier alpha value is -2.62. The Morgan fingerprint density at radius 3 is 2.85 bits per heavy atom. The fourth-order valence-corrected chi connectivity index (χ4v) is 4.31. The Labute approximate surface area is 154 Å². The molecule has 4 heteroatoms. The highest BCUT2D eigenvalue weighted by Crippen LogP contribution is 2.49. The summed E-state index contributed by atoms with van der Waals surface area (Å²) in [5, 5.41) is 3.70. The van der Waals surface area contributed by atoms with E-state index >= 15 is 0 Å². The van der Waals surface area contributed by atoms with Gasteiger partial charge in [-0.2, -0.15) is 0 Å². The van der Waals surface area contributed by atoms with Gasteiger partial charge in [0.1, 0.15) is 0 Å². The molecule has 1 N–H and O–H groups in total. The lowest BCUT2D eigenvalue weighted by Gasteiger charge is -2.37. The molecule has 3 unspecified atom stereocenters. The van der Waals surface area contributed by atoms with Crippen LogP contribution >= 0.6 is 0 Å². The minimum Gasteiger partial charge on any atom is -0.378 e. The summed E-state index contributed by atoms with van der Waals surface area (Å²) in [4.78, 5) is 18.9. The van der Waals surface area contributed by atoms with Gasteiger partial charge in [0, 0.05) is 42.7 Å². The van der Waals surface area contributed by atoms with Crippen LogP contribution in [0.2, 0.25) is 0 Å². The standard InChI is InChI=1S/C22H25N3O/c1-3-25(4-2)22(26)15-10-11-20-19(13-15)17-8-5-9-18(17)21(24-20)16-7-6-12-23-14-16/h5-8,10-14,17-18,21,24H,3-4,9H2,1-2H3. The fraction of sp³-hybridized carbons (Fsp3) is 0.364. The van der Waals surface area contributed by atoms with E-state index in [0.717, 1.165) is 30.8 Å². The van der Waals surface area contributed by atoms with Gasteiger partial charge in [-0.15, -0.1) is 0 Å². The maximum atomic E-state index is 12.7. The number of carbonyl (C=O) groups excluding carboxylic acids is 1. The van der Waals surface area contributed by atoms with Crippen molar-refractivity contribution in [3.8, 4) is 0 Å². The molecule has 0 spiro atoms. The number of anilines is 1. The summed E-state index contributed by atoms with van der Waals surface area (Å²) in [6, 6.07) is 10.5. The van der Waals surface area contributed by atoms with Gasteiger partial charge in [0.25, 0.3) is 5.91 Å². The minimum absolute atomic E-state index is 0.116. The first-order valence-electron chi connectivity index (χ1n) is 9.49. The first-order valence-corrected chi connectivity index (χ1v) is 9.49. The molecule has 134 valence electrons. The lowest BCUT2D eigenvalue weighted by atomic mass is 9.77. The number of pyridine rings is 1. The van der Waals surface area contributed by atoms with Crippen molar-refractivity contribution in [2.24, 2.45) is 5.92 Å².